The maximum absolute atomic E-state index is 14.3. The summed E-state index contributed by atoms with van der Waals surface area (Å²) in [5.74, 6) is -1.08. The van der Waals surface area contributed by atoms with E-state index >= 15 is 0 Å². The molecule has 0 saturated carbocycles. The van der Waals surface area contributed by atoms with Gasteiger partial charge in [0.1, 0.15) is 17.2 Å². The van der Waals surface area contributed by atoms with E-state index in [4.69, 9.17) is 4.74 Å². The molecule has 0 aliphatic carbocycles. The lowest BCUT2D eigenvalue weighted by Crippen LogP contribution is -2.39. The third-order valence-electron chi connectivity index (χ3n) is 5.87. The Balaban J connectivity index is 1.65. The molecule has 192 valence electrons. The number of nitrogens with one attached hydrogen (secondary N) is 3. The van der Waals surface area contributed by atoms with Crippen LogP contribution < -0.4 is 15.4 Å². The van der Waals surface area contributed by atoms with Crippen LogP contribution in [-0.2, 0) is 6.42 Å². The first-order chi connectivity index (χ1) is 17.8. The van der Waals surface area contributed by atoms with Crippen molar-refractivity contribution >= 4 is 22.8 Å². The Morgan fingerprint density at radius 3 is 2.65 bits per heavy atom. The van der Waals surface area contributed by atoms with Gasteiger partial charge in [-0.15, -0.1) is 0 Å². The van der Waals surface area contributed by atoms with Crippen molar-refractivity contribution in [1.29, 1.82) is 0 Å². The summed E-state index contributed by atoms with van der Waals surface area (Å²) in [4.78, 5) is 32.9. The van der Waals surface area contributed by atoms with Gasteiger partial charge >= 0.3 is 0 Å². The molecule has 0 bridgehead atoms. The standard InChI is InChI=1S/C28H29FN4O4/c1-16(2)37-25-7-6-17(18-9-19(27(35)30-3)11-21(29)10-18)13-24(25)28(36)33-22(15-34)12-20-14-32-26-23(20)5-4-8-31-26/h4-11,13-14,16,22,34H,12,15H2,1-3H3,(H,30,35)(H,31,32)(H,33,36). The van der Waals surface area contributed by atoms with Gasteiger partial charge in [0.2, 0.25) is 0 Å². The fraction of sp³-hybridized carbons (Fsp3) is 0.250. The van der Waals surface area contributed by atoms with Gasteiger partial charge in [-0.05, 0) is 79.4 Å². The average Bonchev–Trinajstić information content (AvgIpc) is 3.29. The van der Waals surface area contributed by atoms with Gasteiger partial charge < -0.3 is 25.5 Å². The van der Waals surface area contributed by atoms with Crippen LogP contribution in [0, 0.1) is 5.82 Å². The number of aromatic nitrogens is 2. The van der Waals surface area contributed by atoms with Crippen molar-refractivity contribution < 1.29 is 23.8 Å². The quantitative estimate of drug-likeness (QED) is 0.276. The van der Waals surface area contributed by atoms with Crippen LogP contribution in [0.2, 0.25) is 0 Å². The van der Waals surface area contributed by atoms with Crippen LogP contribution in [0.5, 0.6) is 5.75 Å². The van der Waals surface area contributed by atoms with Crippen molar-refractivity contribution in [2.24, 2.45) is 0 Å². The molecule has 0 spiro atoms. The molecular formula is C28H29FN4O4. The summed E-state index contributed by atoms with van der Waals surface area (Å²) in [6.07, 6.45) is 3.69. The smallest absolute Gasteiger partial charge is 0.255 e. The summed E-state index contributed by atoms with van der Waals surface area (Å²) >= 11 is 0. The average molecular weight is 505 g/mol. The molecule has 0 aliphatic heterocycles. The molecule has 2 aromatic carbocycles. The first-order valence-electron chi connectivity index (χ1n) is 12.0. The number of carbonyl (C=O) groups is 2. The minimum Gasteiger partial charge on any atom is -0.490 e. The van der Waals surface area contributed by atoms with Crippen molar-refractivity contribution in [3.05, 3.63) is 83.4 Å². The first-order valence-corrected chi connectivity index (χ1v) is 12.0. The molecule has 2 aromatic heterocycles. The van der Waals surface area contributed by atoms with Gasteiger partial charge in [0.15, 0.2) is 0 Å². The van der Waals surface area contributed by atoms with Gasteiger partial charge in [-0.3, -0.25) is 9.59 Å². The number of hydrogen-bond acceptors (Lipinski definition) is 5. The summed E-state index contributed by atoms with van der Waals surface area (Å²) in [7, 11) is 1.47. The predicted molar refractivity (Wildman–Crippen MR) is 139 cm³/mol. The number of hydrogen-bond donors (Lipinski definition) is 4. The van der Waals surface area contributed by atoms with Crippen LogP contribution in [0.3, 0.4) is 0 Å². The summed E-state index contributed by atoms with van der Waals surface area (Å²) in [6, 6.07) is 12.1. The molecule has 9 heteroatoms. The molecule has 37 heavy (non-hydrogen) atoms. The third-order valence-corrected chi connectivity index (χ3v) is 5.87. The fourth-order valence-electron chi connectivity index (χ4n) is 4.15. The molecular weight excluding hydrogens is 475 g/mol. The van der Waals surface area contributed by atoms with E-state index in [2.05, 4.69) is 20.6 Å². The van der Waals surface area contributed by atoms with Gasteiger partial charge in [-0.2, -0.15) is 0 Å². The number of amides is 2. The Hall–Kier alpha value is -4.24. The van der Waals surface area contributed by atoms with Crippen LogP contribution in [0.1, 0.15) is 40.1 Å². The summed E-state index contributed by atoms with van der Waals surface area (Å²) < 4.78 is 20.2. The highest BCUT2D eigenvalue weighted by molar-refractivity contribution is 5.99. The van der Waals surface area contributed by atoms with E-state index in [9.17, 15) is 19.1 Å². The highest BCUT2D eigenvalue weighted by Gasteiger charge is 2.21. The monoisotopic (exact) mass is 504 g/mol. The van der Waals surface area contributed by atoms with Crippen molar-refractivity contribution in [2.75, 3.05) is 13.7 Å². The minimum absolute atomic E-state index is 0.166. The first kappa shape index (κ1) is 25.8. The van der Waals surface area contributed by atoms with E-state index < -0.39 is 23.7 Å². The zero-order chi connectivity index (χ0) is 26.5. The zero-order valence-corrected chi connectivity index (χ0v) is 20.8. The molecule has 4 aromatic rings. The number of pyridine rings is 1. The van der Waals surface area contributed by atoms with E-state index in [1.54, 1.807) is 30.5 Å². The van der Waals surface area contributed by atoms with E-state index in [-0.39, 0.29) is 23.8 Å². The Kier molecular flexibility index (Phi) is 7.83. The number of nitrogens with zero attached hydrogens (tertiary/aromatic N) is 1. The third kappa shape index (κ3) is 5.95. The molecule has 0 radical (unpaired) electrons. The van der Waals surface area contributed by atoms with Gasteiger partial charge in [-0.25, -0.2) is 9.37 Å². The topological polar surface area (TPSA) is 116 Å². The van der Waals surface area contributed by atoms with E-state index in [0.717, 1.165) is 22.7 Å². The maximum atomic E-state index is 14.3. The van der Waals surface area contributed by atoms with Crippen LogP contribution >= 0.6 is 0 Å². The second kappa shape index (κ2) is 11.2. The predicted octanol–water partition coefficient (Wildman–Crippen LogP) is 3.85. The molecule has 2 amide bonds. The number of benzene rings is 2. The number of ether oxygens (including phenoxy) is 1. The number of aromatic amines is 1. The van der Waals surface area contributed by atoms with Gasteiger partial charge in [0, 0.05) is 30.4 Å². The summed E-state index contributed by atoms with van der Waals surface area (Å²) in [5.41, 5.74) is 3.02. The van der Waals surface area contributed by atoms with E-state index in [1.165, 1.54) is 13.1 Å². The van der Waals surface area contributed by atoms with Crippen LogP contribution in [0.15, 0.2) is 60.9 Å². The van der Waals surface area contributed by atoms with Gasteiger partial charge in [0.25, 0.3) is 11.8 Å². The van der Waals surface area contributed by atoms with E-state index in [0.29, 0.717) is 23.3 Å². The number of rotatable bonds is 9. The molecule has 2 heterocycles. The van der Waals surface area contributed by atoms with Crippen molar-refractivity contribution in [3.8, 4) is 16.9 Å². The lowest BCUT2D eigenvalue weighted by molar-refractivity contribution is 0.0909. The Labute approximate surface area is 213 Å². The highest BCUT2D eigenvalue weighted by Crippen LogP contribution is 2.29. The van der Waals surface area contributed by atoms with Crippen LogP contribution in [0.25, 0.3) is 22.2 Å². The molecule has 8 nitrogen and oxygen atoms in total. The normalized spacial score (nSPS) is 11.9. The molecule has 4 N–H and O–H groups in total. The number of halogens is 1. The van der Waals surface area contributed by atoms with Crippen molar-refractivity contribution in [2.45, 2.75) is 32.4 Å². The lowest BCUT2D eigenvalue weighted by atomic mass is 9.99. The summed E-state index contributed by atoms with van der Waals surface area (Å²) in [6.45, 7) is 3.41. The Morgan fingerprint density at radius 1 is 1.11 bits per heavy atom. The largest absolute Gasteiger partial charge is 0.490 e. The molecule has 0 saturated heterocycles. The second-order valence-electron chi connectivity index (χ2n) is 8.96. The fourth-order valence-corrected chi connectivity index (χ4v) is 4.15. The number of aliphatic hydroxyl groups excluding tert-OH is 1. The molecule has 0 aliphatic rings. The Morgan fingerprint density at radius 2 is 1.92 bits per heavy atom. The van der Waals surface area contributed by atoms with Crippen molar-refractivity contribution in [3.63, 3.8) is 0 Å². The molecule has 4 rings (SSSR count). The van der Waals surface area contributed by atoms with E-state index in [1.807, 2.05) is 32.2 Å². The van der Waals surface area contributed by atoms with Crippen LogP contribution in [0.4, 0.5) is 4.39 Å². The van der Waals surface area contributed by atoms with Gasteiger partial charge in [-0.1, -0.05) is 6.07 Å². The number of fused-ring (bicyclic) bond motifs is 1. The number of H-pyrrole nitrogens is 1. The second-order valence-corrected chi connectivity index (χ2v) is 8.96. The SMILES string of the molecule is CNC(=O)c1cc(F)cc(-c2ccc(OC(C)C)c(C(=O)NC(CO)Cc3c[nH]c4ncccc34)c2)c1. The number of carbonyl (C=O) groups excluding carboxylic acids is 2. The maximum Gasteiger partial charge on any atom is 0.255 e. The van der Waals surface area contributed by atoms with Gasteiger partial charge in [0.05, 0.1) is 24.3 Å². The molecule has 1 atom stereocenters. The number of aliphatic hydroxyl groups is 1. The lowest BCUT2D eigenvalue weighted by Gasteiger charge is -2.19. The zero-order valence-electron chi connectivity index (χ0n) is 20.8. The minimum atomic E-state index is -0.573. The molecule has 0 fully saturated rings. The Bertz CT molecular complexity index is 1430. The summed E-state index contributed by atoms with van der Waals surface area (Å²) in [5, 5.41) is 16.3. The molecule has 1 unspecified atom stereocenters. The van der Waals surface area contributed by atoms with Crippen LogP contribution in [-0.4, -0.2) is 52.7 Å². The van der Waals surface area contributed by atoms with Crippen molar-refractivity contribution in [1.82, 2.24) is 20.6 Å². The highest BCUT2D eigenvalue weighted by atomic mass is 19.1.